The second-order valence-corrected chi connectivity index (χ2v) is 2.80. The summed E-state index contributed by atoms with van der Waals surface area (Å²) < 4.78 is 4.93. The van der Waals surface area contributed by atoms with E-state index in [1.54, 1.807) is 30.3 Å². The van der Waals surface area contributed by atoms with Gasteiger partial charge in [-0.15, -0.1) is 0 Å². The molecule has 1 N–H and O–H groups in total. The molecule has 3 amide bonds. The molecular weight excluding hydrogens is 196 g/mol. The number of carbonyl (C=O) groups excluding carboxylic acids is 2. The number of urea groups is 1. The first-order chi connectivity index (χ1) is 7.15. The third kappa shape index (κ3) is 2.98. The van der Waals surface area contributed by atoms with Gasteiger partial charge in [-0.25, -0.2) is 14.5 Å². The maximum Gasteiger partial charge on any atom is 0.423 e. The fraction of sp³-hybridized carbons (Fsp3) is 0.200. The Morgan fingerprint density at radius 2 is 1.87 bits per heavy atom. The summed E-state index contributed by atoms with van der Waals surface area (Å²) in [6.07, 6.45) is -0.722. The van der Waals surface area contributed by atoms with Gasteiger partial charge in [0.15, 0.2) is 0 Å². The molecule has 0 atom stereocenters. The van der Waals surface area contributed by atoms with Crippen LogP contribution in [0.25, 0.3) is 0 Å². The van der Waals surface area contributed by atoms with Crippen LogP contribution in [-0.2, 0) is 0 Å². The number of nitrogens with zero attached hydrogens (tertiary/aromatic N) is 1. The lowest BCUT2D eigenvalue weighted by Crippen LogP contribution is -2.40. The molecule has 5 heteroatoms. The first kappa shape index (κ1) is 11.0. The Kier molecular flexibility index (Phi) is 3.68. The number of nitrogens with one attached hydrogen (secondary N) is 1. The molecule has 1 aromatic carbocycles. The van der Waals surface area contributed by atoms with Crippen LogP contribution >= 0.6 is 0 Å². The summed E-state index contributed by atoms with van der Waals surface area (Å²) in [5.74, 6) is 0.401. The van der Waals surface area contributed by atoms with Gasteiger partial charge in [0.1, 0.15) is 5.75 Å². The minimum atomic E-state index is -0.722. The van der Waals surface area contributed by atoms with Crippen LogP contribution in [0.2, 0.25) is 0 Å². The summed E-state index contributed by atoms with van der Waals surface area (Å²) in [7, 11) is 2.78. The molecule has 80 valence electrons. The second-order valence-electron chi connectivity index (χ2n) is 2.80. The van der Waals surface area contributed by atoms with E-state index in [0.717, 1.165) is 4.90 Å². The van der Waals surface area contributed by atoms with Crippen LogP contribution in [0.1, 0.15) is 0 Å². The Bertz CT molecular complexity index is 351. The topological polar surface area (TPSA) is 58.6 Å². The molecule has 15 heavy (non-hydrogen) atoms. The van der Waals surface area contributed by atoms with Gasteiger partial charge in [0.25, 0.3) is 0 Å². The van der Waals surface area contributed by atoms with Crippen LogP contribution < -0.4 is 10.1 Å². The lowest BCUT2D eigenvalue weighted by Gasteiger charge is -2.13. The second kappa shape index (κ2) is 4.99. The van der Waals surface area contributed by atoms with E-state index in [9.17, 15) is 9.59 Å². The lowest BCUT2D eigenvalue weighted by molar-refractivity contribution is 0.163. The number of hydrogen-bond acceptors (Lipinski definition) is 3. The van der Waals surface area contributed by atoms with E-state index >= 15 is 0 Å². The number of hydrogen-bond donors (Lipinski definition) is 1. The summed E-state index contributed by atoms with van der Waals surface area (Å²) in [4.78, 5) is 23.3. The summed E-state index contributed by atoms with van der Waals surface area (Å²) >= 11 is 0. The van der Waals surface area contributed by atoms with Crippen LogP contribution in [-0.4, -0.2) is 31.1 Å². The molecule has 0 aromatic heterocycles. The Labute approximate surface area is 87.6 Å². The molecule has 0 saturated heterocycles. The molecule has 0 bridgehead atoms. The third-order valence-electron chi connectivity index (χ3n) is 1.74. The van der Waals surface area contributed by atoms with Crippen molar-refractivity contribution in [3.63, 3.8) is 0 Å². The predicted molar refractivity (Wildman–Crippen MR) is 54.7 cm³/mol. The fourth-order valence-electron chi connectivity index (χ4n) is 0.908. The van der Waals surface area contributed by atoms with Crippen molar-refractivity contribution in [1.82, 2.24) is 10.2 Å². The van der Waals surface area contributed by atoms with Crippen LogP contribution in [0.4, 0.5) is 9.59 Å². The monoisotopic (exact) mass is 208 g/mol. The summed E-state index contributed by atoms with van der Waals surface area (Å²) in [5, 5.41) is 2.32. The first-order valence-corrected chi connectivity index (χ1v) is 4.37. The zero-order valence-electron chi connectivity index (χ0n) is 8.56. The highest BCUT2D eigenvalue weighted by molar-refractivity contribution is 5.91. The van der Waals surface area contributed by atoms with E-state index in [1.165, 1.54) is 14.1 Å². The Balaban J connectivity index is 2.60. The van der Waals surface area contributed by atoms with E-state index in [4.69, 9.17) is 4.74 Å². The van der Waals surface area contributed by atoms with E-state index < -0.39 is 12.1 Å². The minimum Gasteiger partial charge on any atom is -0.410 e. The predicted octanol–water partition coefficient (Wildman–Crippen LogP) is 1.46. The molecule has 0 saturated carbocycles. The van der Waals surface area contributed by atoms with Crippen LogP contribution in [0.5, 0.6) is 5.75 Å². The number of ether oxygens (including phenoxy) is 1. The zero-order chi connectivity index (χ0) is 11.3. The maximum atomic E-state index is 11.4. The van der Waals surface area contributed by atoms with Crippen molar-refractivity contribution in [3.8, 4) is 5.75 Å². The first-order valence-electron chi connectivity index (χ1n) is 4.37. The minimum absolute atomic E-state index is 0.401. The van der Waals surface area contributed by atoms with Gasteiger partial charge in [0.2, 0.25) is 0 Å². The van der Waals surface area contributed by atoms with Crippen LogP contribution in [0, 0.1) is 0 Å². The lowest BCUT2D eigenvalue weighted by atomic mass is 10.3. The van der Waals surface area contributed by atoms with Gasteiger partial charge in [0.05, 0.1) is 0 Å². The van der Waals surface area contributed by atoms with Gasteiger partial charge < -0.3 is 10.1 Å². The molecule has 0 spiro atoms. The smallest absolute Gasteiger partial charge is 0.410 e. The molecule has 0 aliphatic heterocycles. The van der Waals surface area contributed by atoms with Gasteiger partial charge in [-0.3, -0.25) is 0 Å². The average molecular weight is 208 g/mol. The Hall–Kier alpha value is -2.04. The van der Waals surface area contributed by atoms with Gasteiger partial charge in [-0.05, 0) is 12.1 Å². The van der Waals surface area contributed by atoms with Crippen molar-refractivity contribution in [2.75, 3.05) is 14.1 Å². The molecule has 1 rings (SSSR count). The van der Waals surface area contributed by atoms with Gasteiger partial charge in [0, 0.05) is 14.1 Å². The molecule has 1 aromatic rings. The normalized spacial score (nSPS) is 9.20. The highest BCUT2D eigenvalue weighted by Crippen LogP contribution is 2.09. The quantitative estimate of drug-likeness (QED) is 0.760. The SMILES string of the molecule is CNC(=O)N(C)C(=O)Oc1ccccc1. The molecule has 5 nitrogen and oxygen atoms in total. The third-order valence-corrected chi connectivity index (χ3v) is 1.74. The molecule has 0 fully saturated rings. The largest absolute Gasteiger partial charge is 0.423 e. The fourth-order valence-corrected chi connectivity index (χ4v) is 0.908. The van der Waals surface area contributed by atoms with Crippen molar-refractivity contribution in [2.24, 2.45) is 0 Å². The van der Waals surface area contributed by atoms with E-state index in [0.29, 0.717) is 5.75 Å². The highest BCUT2D eigenvalue weighted by atomic mass is 16.6. The average Bonchev–Trinajstić information content (AvgIpc) is 2.28. The number of carbonyl (C=O) groups is 2. The molecule has 0 aliphatic rings. The Morgan fingerprint density at radius 3 is 2.40 bits per heavy atom. The molecule has 0 aliphatic carbocycles. The Morgan fingerprint density at radius 1 is 1.27 bits per heavy atom. The summed E-state index contributed by atoms with van der Waals surface area (Å²) in [6, 6.07) is 8.03. The van der Waals surface area contributed by atoms with Crippen molar-refractivity contribution < 1.29 is 14.3 Å². The number of benzene rings is 1. The van der Waals surface area contributed by atoms with E-state index in [2.05, 4.69) is 5.32 Å². The molecular formula is C10H12N2O3. The highest BCUT2D eigenvalue weighted by Gasteiger charge is 2.16. The van der Waals surface area contributed by atoms with Gasteiger partial charge >= 0.3 is 12.1 Å². The zero-order valence-corrected chi connectivity index (χ0v) is 8.56. The summed E-state index contributed by atoms with van der Waals surface area (Å²) in [6.45, 7) is 0. The van der Waals surface area contributed by atoms with Gasteiger partial charge in [-0.2, -0.15) is 0 Å². The maximum absolute atomic E-state index is 11.4. The standard InChI is InChI=1S/C10H12N2O3/c1-11-9(13)12(2)10(14)15-8-6-4-3-5-7-8/h3-7H,1-2H3,(H,11,13). The number of imide groups is 1. The van der Waals surface area contributed by atoms with E-state index in [-0.39, 0.29) is 0 Å². The van der Waals surface area contributed by atoms with Crippen LogP contribution in [0.3, 0.4) is 0 Å². The van der Waals surface area contributed by atoms with Crippen molar-refractivity contribution in [2.45, 2.75) is 0 Å². The number of rotatable bonds is 1. The van der Waals surface area contributed by atoms with Crippen LogP contribution in [0.15, 0.2) is 30.3 Å². The van der Waals surface area contributed by atoms with Crippen molar-refractivity contribution >= 4 is 12.1 Å². The number of amides is 3. The molecule has 0 unspecified atom stereocenters. The van der Waals surface area contributed by atoms with E-state index in [1.807, 2.05) is 0 Å². The van der Waals surface area contributed by atoms with Gasteiger partial charge in [-0.1, -0.05) is 18.2 Å². The number of para-hydroxylation sites is 1. The van der Waals surface area contributed by atoms with Crippen molar-refractivity contribution in [1.29, 1.82) is 0 Å². The van der Waals surface area contributed by atoms with Crippen molar-refractivity contribution in [3.05, 3.63) is 30.3 Å². The molecule has 0 heterocycles. The summed E-state index contributed by atoms with van der Waals surface area (Å²) in [5.41, 5.74) is 0. The molecule has 0 radical (unpaired) electrons.